The highest BCUT2D eigenvalue weighted by Gasteiger charge is 2.03. The van der Waals surface area contributed by atoms with Gasteiger partial charge in [0.2, 0.25) is 0 Å². The summed E-state index contributed by atoms with van der Waals surface area (Å²) in [6.45, 7) is 0. The van der Waals surface area contributed by atoms with Crippen LogP contribution in [0.5, 0.6) is 0 Å². The van der Waals surface area contributed by atoms with Crippen molar-refractivity contribution in [3.05, 3.63) is 83.3 Å². The SMILES string of the molecule is O=C(C=Cc1ccc(-c2ccc(F)cc2)s1)c1cccnc1. The molecule has 0 radical (unpaired) electrons. The van der Waals surface area contributed by atoms with E-state index in [0.29, 0.717) is 5.56 Å². The minimum atomic E-state index is -0.248. The van der Waals surface area contributed by atoms with Crippen LogP contribution >= 0.6 is 11.3 Å². The number of allylic oxidation sites excluding steroid dienone is 1. The molecule has 0 fully saturated rings. The molecule has 3 aromatic rings. The number of aromatic nitrogens is 1. The summed E-state index contributed by atoms with van der Waals surface area (Å²) in [5, 5.41) is 0. The molecule has 0 saturated carbocycles. The number of halogens is 1. The average Bonchev–Trinajstić information content (AvgIpc) is 3.03. The molecule has 0 saturated heterocycles. The number of ketones is 1. The molecular formula is C18H12FNOS. The fourth-order valence-corrected chi connectivity index (χ4v) is 2.89. The van der Waals surface area contributed by atoms with Crippen LogP contribution < -0.4 is 0 Å². The molecule has 3 rings (SSSR count). The molecule has 2 nitrogen and oxygen atoms in total. The Labute approximate surface area is 131 Å². The highest BCUT2D eigenvalue weighted by atomic mass is 32.1. The summed E-state index contributed by atoms with van der Waals surface area (Å²) in [6, 6.07) is 13.7. The van der Waals surface area contributed by atoms with Crippen LogP contribution in [0.4, 0.5) is 4.39 Å². The molecule has 0 aliphatic carbocycles. The first-order chi connectivity index (χ1) is 10.7. The lowest BCUT2D eigenvalue weighted by Gasteiger charge is -1.95. The fraction of sp³-hybridized carbons (Fsp3) is 0. The van der Waals surface area contributed by atoms with Gasteiger partial charge in [-0.1, -0.05) is 12.1 Å². The van der Waals surface area contributed by atoms with E-state index in [1.54, 1.807) is 54.1 Å². The van der Waals surface area contributed by atoms with Crippen molar-refractivity contribution in [1.82, 2.24) is 4.98 Å². The third-order valence-corrected chi connectivity index (χ3v) is 4.20. The quantitative estimate of drug-likeness (QED) is 0.509. The van der Waals surface area contributed by atoms with Crippen LogP contribution in [-0.4, -0.2) is 10.8 Å². The van der Waals surface area contributed by atoms with Crippen LogP contribution in [0.2, 0.25) is 0 Å². The number of hydrogen-bond donors (Lipinski definition) is 0. The zero-order valence-electron chi connectivity index (χ0n) is 11.6. The standard InChI is InChI=1S/C18H12FNOS/c19-15-5-3-13(4-6-15)18-10-8-16(22-18)7-9-17(21)14-2-1-11-20-12-14/h1-12H. The van der Waals surface area contributed by atoms with Crippen LogP contribution in [0.25, 0.3) is 16.5 Å². The van der Waals surface area contributed by atoms with E-state index >= 15 is 0 Å². The normalized spacial score (nSPS) is 11.0. The van der Waals surface area contributed by atoms with E-state index in [0.717, 1.165) is 15.3 Å². The lowest BCUT2D eigenvalue weighted by atomic mass is 10.2. The summed E-state index contributed by atoms with van der Waals surface area (Å²) < 4.78 is 12.9. The number of nitrogens with zero attached hydrogens (tertiary/aromatic N) is 1. The van der Waals surface area contributed by atoms with Gasteiger partial charge >= 0.3 is 0 Å². The van der Waals surface area contributed by atoms with Gasteiger partial charge in [-0.2, -0.15) is 0 Å². The van der Waals surface area contributed by atoms with Gasteiger partial charge in [-0.3, -0.25) is 9.78 Å². The summed E-state index contributed by atoms with van der Waals surface area (Å²) >= 11 is 1.55. The lowest BCUT2D eigenvalue weighted by molar-refractivity contribution is 0.104. The monoisotopic (exact) mass is 309 g/mol. The number of carbonyl (C=O) groups excluding carboxylic acids is 1. The fourth-order valence-electron chi connectivity index (χ4n) is 1.97. The molecule has 0 atom stereocenters. The summed E-state index contributed by atoms with van der Waals surface area (Å²) in [7, 11) is 0. The Morgan fingerprint density at radius 3 is 2.64 bits per heavy atom. The average molecular weight is 309 g/mol. The number of thiophene rings is 1. The Bertz CT molecular complexity index is 807. The highest BCUT2D eigenvalue weighted by Crippen LogP contribution is 2.29. The van der Waals surface area contributed by atoms with Crippen molar-refractivity contribution < 1.29 is 9.18 Å². The third kappa shape index (κ3) is 3.35. The van der Waals surface area contributed by atoms with Gasteiger partial charge in [-0.25, -0.2) is 4.39 Å². The van der Waals surface area contributed by atoms with Crippen LogP contribution in [-0.2, 0) is 0 Å². The number of hydrogen-bond acceptors (Lipinski definition) is 3. The Morgan fingerprint density at radius 2 is 1.91 bits per heavy atom. The maximum Gasteiger partial charge on any atom is 0.187 e. The smallest absolute Gasteiger partial charge is 0.187 e. The number of carbonyl (C=O) groups is 1. The zero-order chi connectivity index (χ0) is 15.4. The van der Waals surface area contributed by atoms with Gasteiger partial charge in [-0.05, 0) is 54.1 Å². The Kier molecular flexibility index (Phi) is 4.21. The number of benzene rings is 1. The third-order valence-electron chi connectivity index (χ3n) is 3.10. The molecule has 22 heavy (non-hydrogen) atoms. The molecule has 1 aromatic carbocycles. The summed E-state index contributed by atoms with van der Waals surface area (Å²) in [6.07, 6.45) is 6.50. The van der Waals surface area contributed by atoms with Gasteiger partial charge in [0, 0.05) is 27.7 Å². The molecular weight excluding hydrogens is 297 g/mol. The van der Waals surface area contributed by atoms with Gasteiger partial charge in [0.15, 0.2) is 5.78 Å². The summed E-state index contributed by atoms with van der Waals surface area (Å²) in [5.41, 5.74) is 1.53. The molecule has 0 bridgehead atoms. The number of pyridine rings is 1. The van der Waals surface area contributed by atoms with Crippen molar-refractivity contribution >= 4 is 23.2 Å². The van der Waals surface area contributed by atoms with Crippen LogP contribution in [0.3, 0.4) is 0 Å². The first-order valence-electron chi connectivity index (χ1n) is 6.70. The molecule has 0 amide bonds. The molecule has 4 heteroatoms. The van der Waals surface area contributed by atoms with E-state index in [2.05, 4.69) is 4.98 Å². The van der Waals surface area contributed by atoms with Gasteiger partial charge in [0.1, 0.15) is 5.82 Å². The predicted octanol–water partition coefficient (Wildman–Crippen LogP) is 4.85. The lowest BCUT2D eigenvalue weighted by Crippen LogP contribution is -1.93. The first kappa shape index (κ1) is 14.4. The second-order valence-electron chi connectivity index (χ2n) is 4.65. The minimum Gasteiger partial charge on any atom is -0.289 e. The Balaban J connectivity index is 1.75. The van der Waals surface area contributed by atoms with E-state index in [1.807, 2.05) is 12.1 Å². The topological polar surface area (TPSA) is 30.0 Å². The van der Waals surface area contributed by atoms with E-state index < -0.39 is 0 Å². The van der Waals surface area contributed by atoms with Gasteiger partial charge in [0.25, 0.3) is 0 Å². The molecule has 0 aliphatic heterocycles. The zero-order valence-corrected chi connectivity index (χ0v) is 12.4. The Hall–Kier alpha value is -2.59. The van der Waals surface area contributed by atoms with Crippen molar-refractivity contribution in [2.24, 2.45) is 0 Å². The van der Waals surface area contributed by atoms with Gasteiger partial charge in [0.05, 0.1) is 0 Å². The minimum absolute atomic E-state index is 0.0789. The molecule has 0 unspecified atom stereocenters. The Morgan fingerprint density at radius 1 is 1.09 bits per heavy atom. The van der Waals surface area contributed by atoms with Gasteiger partial charge in [-0.15, -0.1) is 11.3 Å². The van der Waals surface area contributed by atoms with Crippen molar-refractivity contribution in [1.29, 1.82) is 0 Å². The molecule has 108 valence electrons. The van der Waals surface area contributed by atoms with Crippen molar-refractivity contribution in [2.45, 2.75) is 0 Å². The number of rotatable bonds is 4. The van der Waals surface area contributed by atoms with E-state index in [-0.39, 0.29) is 11.6 Å². The van der Waals surface area contributed by atoms with Crippen molar-refractivity contribution in [3.63, 3.8) is 0 Å². The molecule has 2 aromatic heterocycles. The van der Waals surface area contributed by atoms with E-state index in [1.165, 1.54) is 18.2 Å². The second kappa shape index (κ2) is 6.45. The van der Waals surface area contributed by atoms with Crippen LogP contribution in [0.1, 0.15) is 15.2 Å². The summed E-state index contributed by atoms with van der Waals surface area (Å²) in [4.78, 5) is 17.9. The van der Waals surface area contributed by atoms with E-state index in [9.17, 15) is 9.18 Å². The van der Waals surface area contributed by atoms with Crippen LogP contribution in [0, 0.1) is 5.82 Å². The predicted molar refractivity (Wildman–Crippen MR) is 87.3 cm³/mol. The second-order valence-corrected chi connectivity index (χ2v) is 5.76. The maximum absolute atomic E-state index is 12.9. The maximum atomic E-state index is 12.9. The van der Waals surface area contributed by atoms with Crippen molar-refractivity contribution in [3.8, 4) is 10.4 Å². The largest absolute Gasteiger partial charge is 0.289 e. The highest BCUT2D eigenvalue weighted by molar-refractivity contribution is 7.16. The summed E-state index contributed by atoms with van der Waals surface area (Å²) in [5.74, 6) is -0.327. The van der Waals surface area contributed by atoms with Crippen LogP contribution in [0.15, 0.2) is 67.0 Å². The molecule has 2 heterocycles. The molecule has 0 spiro atoms. The van der Waals surface area contributed by atoms with Crippen molar-refractivity contribution in [2.75, 3.05) is 0 Å². The molecule has 0 aliphatic rings. The first-order valence-corrected chi connectivity index (χ1v) is 7.52. The molecule has 0 N–H and O–H groups in total. The van der Waals surface area contributed by atoms with E-state index in [4.69, 9.17) is 0 Å². The van der Waals surface area contributed by atoms with Gasteiger partial charge < -0.3 is 0 Å².